The highest BCUT2D eigenvalue weighted by Gasteiger charge is 2.21. The molecule has 0 rings (SSSR count). The fourth-order valence-electron chi connectivity index (χ4n) is 2.27. The summed E-state index contributed by atoms with van der Waals surface area (Å²) in [5, 5.41) is 7.98. The summed E-state index contributed by atoms with van der Waals surface area (Å²) >= 11 is 0. The predicted molar refractivity (Wildman–Crippen MR) is 78.9 cm³/mol. The Balaban J connectivity index is 3.51. The average molecular weight is 294 g/mol. The first kappa shape index (κ1) is 18.9. The molecule has 0 fully saturated rings. The van der Waals surface area contributed by atoms with Crippen LogP contribution in [0.5, 0.6) is 0 Å². The van der Waals surface area contributed by atoms with Gasteiger partial charge >= 0.3 is 0 Å². The third-order valence-electron chi connectivity index (χ3n) is 3.50. The van der Waals surface area contributed by atoms with Gasteiger partial charge in [-0.1, -0.05) is 64.7 Å². The van der Waals surface area contributed by atoms with Crippen molar-refractivity contribution in [2.45, 2.75) is 82.8 Å². The van der Waals surface area contributed by atoms with E-state index in [1.807, 2.05) is 0 Å². The van der Waals surface area contributed by atoms with Gasteiger partial charge in [0.2, 0.25) is 0 Å². The van der Waals surface area contributed by atoms with Crippen molar-refractivity contribution in [1.82, 2.24) is 0 Å². The maximum absolute atomic E-state index is 11.0. The van der Waals surface area contributed by atoms with Crippen molar-refractivity contribution >= 4 is 10.1 Å². The van der Waals surface area contributed by atoms with E-state index in [1.54, 1.807) is 0 Å². The van der Waals surface area contributed by atoms with Crippen molar-refractivity contribution < 1.29 is 18.1 Å². The molecule has 1 atom stereocenters. The van der Waals surface area contributed by atoms with E-state index in [1.165, 1.54) is 38.5 Å². The molecule has 4 nitrogen and oxygen atoms in total. The van der Waals surface area contributed by atoms with Gasteiger partial charge in [-0.15, -0.1) is 0 Å². The second-order valence-corrected chi connectivity index (χ2v) is 6.96. The minimum Gasteiger partial charge on any atom is -0.396 e. The molecule has 19 heavy (non-hydrogen) atoms. The lowest BCUT2D eigenvalue weighted by molar-refractivity contribution is 0.279. The number of rotatable bonds is 13. The van der Waals surface area contributed by atoms with E-state index in [4.69, 9.17) is 9.66 Å². The molecule has 0 bridgehead atoms. The Hall–Kier alpha value is -0.130. The van der Waals surface area contributed by atoms with Crippen LogP contribution in [0.4, 0.5) is 0 Å². The molecule has 5 heteroatoms. The molecule has 0 aromatic rings. The van der Waals surface area contributed by atoms with Crippen LogP contribution in [0, 0.1) is 0 Å². The highest BCUT2D eigenvalue weighted by Crippen LogP contribution is 2.15. The van der Waals surface area contributed by atoms with Crippen LogP contribution in [-0.4, -0.2) is 29.9 Å². The van der Waals surface area contributed by atoms with Crippen LogP contribution in [0.2, 0.25) is 0 Å². The van der Waals surface area contributed by atoms with Crippen molar-refractivity contribution in [1.29, 1.82) is 0 Å². The summed E-state index contributed by atoms with van der Waals surface area (Å²) in [4.78, 5) is 0. The van der Waals surface area contributed by atoms with Gasteiger partial charge in [-0.3, -0.25) is 4.55 Å². The smallest absolute Gasteiger partial charge is 0.267 e. The van der Waals surface area contributed by atoms with Crippen molar-refractivity contribution in [2.24, 2.45) is 0 Å². The maximum atomic E-state index is 11.0. The number of hydrogen-bond donors (Lipinski definition) is 2. The summed E-state index contributed by atoms with van der Waals surface area (Å²) in [5.41, 5.74) is 0. The van der Waals surface area contributed by atoms with E-state index in [0.717, 1.165) is 19.3 Å². The first-order chi connectivity index (χ1) is 9.02. The molecule has 0 saturated heterocycles. The first-order valence-corrected chi connectivity index (χ1v) is 9.09. The molecule has 0 aromatic heterocycles. The Bertz CT molecular complexity index is 288. The molecule has 0 aliphatic carbocycles. The Morgan fingerprint density at radius 2 is 1.32 bits per heavy atom. The molecule has 0 spiro atoms. The van der Waals surface area contributed by atoms with Crippen LogP contribution >= 0.6 is 0 Å². The SMILES string of the molecule is CCCCCCCCCCCC(CCO)S(=O)(=O)O. The topological polar surface area (TPSA) is 74.6 Å². The summed E-state index contributed by atoms with van der Waals surface area (Å²) < 4.78 is 31.1. The normalized spacial score (nSPS) is 13.6. The number of unbranched alkanes of at least 4 members (excludes halogenated alkanes) is 8. The fourth-order valence-corrected chi connectivity index (χ4v) is 3.14. The average Bonchev–Trinajstić information content (AvgIpc) is 2.34. The number of aliphatic hydroxyl groups excluding tert-OH is 1. The Labute approximate surface area is 118 Å². The maximum Gasteiger partial charge on any atom is 0.267 e. The zero-order valence-electron chi connectivity index (χ0n) is 12.2. The summed E-state index contributed by atoms with van der Waals surface area (Å²) in [7, 11) is -3.99. The molecule has 0 amide bonds. The van der Waals surface area contributed by atoms with Gasteiger partial charge in [-0.05, 0) is 12.8 Å². The Kier molecular flexibility index (Phi) is 11.6. The molecule has 0 radical (unpaired) electrons. The van der Waals surface area contributed by atoms with Gasteiger partial charge in [0, 0.05) is 6.61 Å². The van der Waals surface area contributed by atoms with Gasteiger partial charge in [-0.25, -0.2) is 0 Å². The van der Waals surface area contributed by atoms with E-state index in [-0.39, 0.29) is 13.0 Å². The molecule has 116 valence electrons. The minimum absolute atomic E-state index is 0.135. The quantitative estimate of drug-likeness (QED) is 0.402. The van der Waals surface area contributed by atoms with Gasteiger partial charge in [0.1, 0.15) is 0 Å². The molecule has 0 aliphatic heterocycles. The third-order valence-corrected chi connectivity index (χ3v) is 4.82. The van der Waals surface area contributed by atoms with Crippen LogP contribution in [0.15, 0.2) is 0 Å². The lowest BCUT2D eigenvalue weighted by atomic mass is 10.1. The van der Waals surface area contributed by atoms with E-state index < -0.39 is 15.4 Å². The predicted octanol–water partition coefficient (Wildman–Crippen LogP) is 3.55. The van der Waals surface area contributed by atoms with Crippen molar-refractivity contribution in [3.8, 4) is 0 Å². The molecular formula is C14H30O4S. The Morgan fingerprint density at radius 1 is 0.842 bits per heavy atom. The number of aliphatic hydroxyl groups is 1. The molecule has 0 heterocycles. The van der Waals surface area contributed by atoms with Crippen LogP contribution in [0.3, 0.4) is 0 Å². The van der Waals surface area contributed by atoms with Gasteiger partial charge in [0.15, 0.2) is 0 Å². The van der Waals surface area contributed by atoms with Gasteiger partial charge < -0.3 is 5.11 Å². The van der Waals surface area contributed by atoms with Crippen LogP contribution in [-0.2, 0) is 10.1 Å². The highest BCUT2D eigenvalue weighted by atomic mass is 32.2. The zero-order chi connectivity index (χ0) is 14.6. The van der Waals surface area contributed by atoms with E-state index in [9.17, 15) is 8.42 Å². The van der Waals surface area contributed by atoms with E-state index >= 15 is 0 Å². The van der Waals surface area contributed by atoms with E-state index in [2.05, 4.69) is 6.92 Å². The molecule has 2 N–H and O–H groups in total. The van der Waals surface area contributed by atoms with Crippen molar-refractivity contribution in [2.75, 3.05) is 6.61 Å². The van der Waals surface area contributed by atoms with Gasteiger partial charge in [-0.2, -0.15) is 8.42 Å². The molecule has 0 saturated carbocycles. The summed E-state index contributed by atoms with van der Waals surface area (Å²) in [6.07, 6.45) is 11.2. The number of hydrogen-bond acceptors (Lipinski definition) is 3. The van der Waals surface area contributed by atoms with Crippen LogP contribution in [0.1, 0.15) is 77.6 Å². The summed E-state index contributed by atoms with van der Waals surface area (Å²) in [5.74, 6) is 0. The van der Waals surface area contributed by atoms with Crippen molar-refractivity contribution in [3.63, 3.8) is 0 Å². The zero-order valence-corrected chi connectivity index (χ0v) is 13.0. The lowest BCUT2D eigenvalue weighted by Crippen LogP contribution is -2.21. The third kappa shape index (κ3) is 11.4. The largest absolute Gasteiger partial charge is 0.396 e. The Morgan fingerprint density at radius 3 is 1.74 bits per heavy atom. The van der Waals surface area contributed by atoms with Gasteiger partial charge in [0.05, 0.1) is 5.25 Å². The fraction of sp³-hybridized carbons (Fsp3) is 1.00. The molecule has 0 aliphatic rings. The second-order valence-electron chi connectivity index (χ2n) is 5.27. The second kappa shape index (κ2) is 11.7. The summed E-state index contributed by atoms with van der Waals surface area (Å²) in [6.45, 7) is 2.01. The first-order valence-electron chi connectivity index (χ1n) is 7.59. The molecule has 1 unspecified atom stereocenters. The molecule has 0 aromatic carbocycles. The monoisotopic (exact) mass is 294 g/mol. The van der Waals surface area contributed by atoms with Crippen molar-refractivity contribution in [3.05, 3.63) is 0 Å². The minimum atomic E-state index is -3.99. The summed E-state index contributed by atoms with van der Waals surface area (Å²) in [6, 6.07) is 0. The molecular weight excluding hydrogens is 264 g/mol. The van der Waals surface area contributed by atoms with Crippen LogP contribution in [0.25, 0.3) is 0 Å². The highest BCUT2D eigenvalue weighted by molar-refractivity contribution is 7.86. The van der Waals surface area contributed by atoms with Crippen LogP contribution < -0.4 is 0 Å². The van der Waals surface area contributed by atoms with Gasteiger partial charge in [0.25, 0.3) is 10.1 Å². The lowest BCUT2D eigenvalue weighted by Gasteiger charge is -2.11. The van der Waals surface area contributed by atoms with E-state index in [0.29, 0.717) is 6.42 Å². The standard InChI is InChI=1S/C14H30O4S/c1-2-3-4-5-6-7-8-9-10-11-14(12-13-15)19(16,17)18/h14-15H,2-13H2,1H3,(H,16,17,18).